The van der Waals surface area contributed by atoms with E-state index < -0.39 is 0 Å². The molecule has 0 aromatic carbocycles. The van der Waals surface area contributed by atoms with E-state index in [0.29, 0.717) is 6.04 Å². The van der Waals surface area contributed by atoms with Crippen molar-refractivity contribution < 1.29 is 0 Å². The first-order chi connectivity index (χ1) is 6.75. The Balaban J connectivity index is 1.66. The van der Waals surface area contributed by atoms with Crippen molar-refractivity contribution in [2.24, 2.45) is 23.5 Å². The van der Waals surface area contributed by atoms with Gasteiger partial charge < -0.3 is 5.73 Å². The zero-order valence-corrected chi connectivity index (χ0v) is 9.54. The Hall–Kier alpha value is -0.0400. The van der Waals surface area contributed by atoms with Crippen molar-refractivity contribution in [1.82, 2.24) is 0 Å². The SMILES string of the molecule is CC(N)CC1CC(C2CCCCC2)C1. The van der Waals surface area contributed by atoms with Gasteiger partial charge >= 0.3 is 0 Å². The molecule has 2 rings (SSSR count). The van der Waals surface area contributed by atoms with Gasteiger partial charge in [0, 0.05) is 6.04 Å². The molecule has 1 heteroatoms. The molecule has 1 nitrogen and oxygen atoms in total. The molecule has 82 valence electrons. The molecule has 1 atom stereocenters. The van der Waals surface area contributed by atoms with Gasteiger partial charge in [0.2, 0.25) is 0 Å². The van der Waals surface area contributed by atoms with Gasteiger partial charge in [0.05, 0.1) is 0 Å². The van der Waals surface area contributed by atoms with Crippen LogP contribution in [0.5, 0.6) is 0 Å². The fourth-order valence-electron chi connectivity index (χ4n) is 3.50. The molecule has 2 aliphatic rings. The Morgan fingerprint density at radius 2 is 1.71 bits per heavy atom. The summed E-state index contributed by atoms with van der Waals surface area (Å²) in [5.41, 5.74) is 5.83. The van der Waals surface area contributed by atoms with E-state index in [1.807, 2.05) is 0 Å². The van der Waals surface area contributed by atoms with Crippen molar-refractivity contribution in [2.45, 2.75) is 64.3 Å². The maximum absolute atomic E-state index is 5.83. The molecule has 2 saturated carbocycles. The molecule has 0 amide bonds. The van der Waals surface area contributed by atoms with E-state index in [1.54, 1.807) is 0 Å². The maximum Gasteiger partial charge on any atom is 0.00131 e. The Morgan fingerprint density at radius 1 is 1.07 bits per heavy atom. The van der Waals surface area contributed by atoms with Crippen molar-refractivity contribution in [3.05, 3.63) is 0 Å². The summed E-state index contributed by atoms with van der Waals surface area (Å²) in [4.78, 5) is 0. The molecule has 2 fully saturated rings. The van der Waals surface area contributed by atoms with Crippen molar-refractivity contribution in [1.29, 1.82) is 0 Å². The van der Waals surface area contributed by atoms with E-state index in [2.05, 4.69) is 6.92 Å². The number of rotatable bonds is 3. The van der Waals surface area contributed by atoms with Gasteiger partial charge in [0.25, 0.3) is 0 Å². The van der Waals surface area contributed by atoms with E-state index in [0.717, 1.165) is 17.8 Å². The lowest BCUT2D eigenvalue weighted by molar-refractivity contribution is 0.0889. The van der Waals surface area contributed by atoms with Gasteiger partial charge in [-0.15, -0.1) is 0 Å². The fraction of sp³-hybridized carbons (Fsp3) is 1.00. The maximum atomic E-state index is 5.83. The number of nitrogens with two attached hydrogens (primary N) is 1. The predicted molar refractivity (Wildman–Crippen MR) is 61.1 cm³/mol. The van der Waals surface area contributed by atoms with E-state index in [-0.39, 0.29) is 0 Å². The average molecular weight is 195 g/mol. The van der Waals surface area contributed by atoms with Crippen LogP contribution in [0.1, 0.15) is 58.3 Å². The minimum absolute atomic E-state index is 0.423. The molecule has 0 saturated heterocycles. The van der Waals surface area contributed by atoms with Crippen molar-refractivity contribution >= 4 is 0 Å². The highest BCUT2D eigenvalue weighted by Gasteiger charge is 2.35. The van der Waals surface area contributed by atoms with Gasteiger partial charge in [-0.2, -0.15) is 0 Å². The van der Waals surface area contributed by atoms with Gasteiger partial charge in [-0.3, -0.25) is 0 Å². The molecular weight excluding hydrogens is 170 g/mol. The van der Waals surface area contributed by atoms with E-state index in [9.17, 15) is 0 Å². The zero-order valence-electron chi connectivity index (χ0n) is 9.54. The third kappa shape index (κ3) is 2.50. The fourth-order valence-corrected chi connectivity index (χ4v) is 3.50. The highest BCUT2D eigenvalue weighted by molar-refractivity contribution is 4.86. The minimum Gasteiger partial charge on any atom is -0.328 e. The lowest BCUT2D eigenvalue weighted by Crippen LogP contribution is -2.34. The summed E-state index contributed by atoms with van der Waals surface area (Å²) < 4.78 is 0. The van der Waals surface area contributed by atoms with E-state index in [1.165, 1.54) is 51.4 Å². The highest BCUT2D eigenvalue weighted by atomic mass is 14.6. The lowest BCUT2D eigenvalue weighted by Gasteiger charge is -2.42. The normalized spacial score (nSPS) is 36.4. The Bertz CT molecular complexity index is 164. The Kier molecular flexibility index (Phi) is 3.48. The van der Waals surface area contributed by atoms with E-state index >= 15 is 0 Å². The first kappa shape index (κ1) is 10.5. The second-order valence-electron chi connectivity index (χ2n) is 5.71. The molecule has 14 heavy (non-hydrogen) atoms. The van der Waals surface area contributed by atoms with Gasteiger partial charge in [-0.05, 0) is 43.9 Å². The van der Waals surface area contributed by atoms with Crippen LogP contribution in [0.4, 0.5) is 0 Å². The summed E-state index contributed by atoms with van der Waals surface area (Å²) in [6.45, 7) is 2.15. The smallest absolute Gasteiger partial charge is 0.00131 e. The Morgan fingerprint density at radius 3 is 2.29 bits per heavy atom. The highest BCUT2D eigenvalue weighted by Crippen LogP contribution is 2.45. The van der Waals surface area contributed by atoms with Crippen LogP contribution in [0.15, 0.2) is 0 Å². The molecule has 0 aromatic rings. The number of hydrogen-bond donors (Lipinski definition) is 1. The molecular formula is C13H25N. The topological polar surface area (TPSA) is 26.0 Å². The summed E-state index contributed by atoms with van der Waals surface area (Å²) in [7, 11) is 0. The minimum atomic E-state index is 0.423. The van der Waals surface area contributed by atoms with E-state index in [4.69, 9.17) is 5.73 Å². The van der Waals surface area contributed by atoms with Crippen LogP contribution in [0.2, 0.25) is 0 Å². The summed E-state index contributed by atoms with van der Waals surface area (Å²) in [6, 6.07) is 0.423. The summed E-state index contributed by atoms with van der Waals surface area (Å²) in [6.07, 6.45) is 11.8. The average Bonchev–Trinajstić information content (AvgIpc) is 2.12. The third-order valence-corrected chi connectivity index (χ3v) is 4.29. The first-order valence-electron chi connectivity index (χ1n) is 6.51. The molecule has 0 aliphatic heterocycles. The molecule has 2 aliphatic carbocycles. The molecule has 0 radical (unpaired) electrons. The van der Waals surface area contributed by atoms with Crippen LogP contribution in [-0.2, 0) is 0 Å². The molecule has 2 N–H and O–H groups in total. The summed E-state index contributed by atoms with van der Waals surface area (Å²) in [5, 5.41) is 0. The Labute approximate surface area is 88.4 Å². The molecule has 0 aromatic heterocycles. The first-order valence-corrected chi connectivity index (χ1v) is 6.51. The monoisotopic (exact) mass is 195 g/mol. The predicted octanol–water partition coefficient (Wildman–Crippen LogP) is 3.33. The van der Waals surface area contributed by atoms with Crippen molar-refractivity contribution in [2.75, 3.05) is 0 Å². The van der Waals surface area contributed by atoms with Crippen LogP contribution in [0.25, 0.3) is 0 Å². The summed E-state index contributed by atoms with van der Waals surface area (Å²) >= 11 is 0. The molecule has 0 heterocycles. The zero-order chi connectivity index (χ0) is 9.97. The van der Waals surface area contributed by atoms with Crippen LogP contribution < -0.4 is 5.73 Å². The quantitative estimate of drug-likeness (QED) is 0.734. The number of hydrogen-bond acceptors (Lipinski definition) is 1. The molecule has 0 bridgehead atoms. The van der Waals surface area contributed by atoms with Crippen molar-refractivity contribution in [3.63, 3.8) is 0 Å². The third-order valence-electron chi connectivity index (χ3n) is 4.29. The largest absolute Gasteiger partial charge is 0.328 e. The van der Waals surface area contributed by atoms with Gasteiger partial charge in [-0.25, -0.2) is 0 Å². The second-order valence-corrected chi connectivity index (χ2v) is 5.71. The van der Waals surface area contributed by atoms with Crippen LogP contribution in [-0.4, -0.2) is 6.04 Å². The van der Waals surface area contributed by atoms with Crippen LogP contribution >= 0.6 is 0 Å². The van der Waals surface area contributed by atoms with Gasteiger partial charge in [-0.1, -0.05) is 32.1 Å². The lowest BCUT2D eigenvalue weighted by atomic mass is 9.63. The molecule has 1 unspecified atom stereocenters. The van der Waals surface area contributed by atoms with Crippen LogP contribution in [0.3, 0.4) is 0 Å². The van der Waals surface area contributed by atoms with Crippen LogP contribution in [0, 0.1) is 17.8 Å². The van der Waals surface area contributed by atoms with Crippen molar-refractivity contribution in [3.8, 4) is 0 Å². The molecule has 0 spiro atoms. The van der Waals surface area contributed by atoms with Gasteiger partial charge in [0.15, 0.2) is 0 Å². The second kappa shape index (κ2) is 4.65. The standard InChI is InChI=1S/C13H25N/c1-10(14)7-11-8-13(9-11)12-5-3-2-4-6-12/h10-13H,2-9,14H2,1H3. The summed E-state index contributed by atoms with van der Waals surface area (Å²) in [5.74, 6) is 3.15. The van der Waals surface area contributed by atoms with Gasteiger partial charge in [0.1, 0.15) is 0 Å².